The van der Waals surface area contributed by atoms with Gasteiger partial charge in [-0.05, 0) is 43.0 Å². The number of thiophene rings is 1. The van der Waals surface area contributed by atoms with Crippen molar-refractivity contribution >= 4 is 40.6 Å². The minimum atomic E-state index is -1.19. The lowest BCUT2D eigenvalue weighted by Crippen LogP contribution is -2.21. The van der Waals surface area contributed by atoms with Crippen molar-refractivity contribution in [1.82, 2.24) is 9.88 Å². The summed E-state index contributed by atoms with van der Waals surface area (Å²) in [6.45, 7) is 1.86. The van der Waals surface area contributed by atoms with E-state index in [1.165, 1.54) is 16.6 Å². The Morgan fingerprint density at radius 2 is 2.14 bits per heavy atom. The molecule has 0 bridgehead atoms. The largest absolute Gasteiger partial charge is 0.494 e. The Hall–Kier alpha value is -2.35. The molecular formula is C21H21ClN2O4S. The molecule has 1 aliphatic heterocycles. The Bertz CT molecular complexity index is 1160. The molecule has 3 heterocycles. The summed E-state index contributed by atoms with van der Waals surface area (Å²) in [5.74, 6) is -0.548. The molecule has 152 valence electrons. The average molecular weight is 433 g/mol. The van der Waals surface area contributed by atoms with E-state index < -0.39 is 11.4 Å². The molecule has 0 unspecified atom stereocenters. The van der Waals surface area contributed by atoms with Gasteiger partial charge in [0.25, 0.3) is 0 Å². The quantitative estimate of drug-likeness (QED) is 0.654. The van der Waals surface area contributed by atoms with E-state index in [0.29, 0.717) is 16.7 Å². The van der Waals surface area contributed by atoms with Crippen molar-refractivity contribution in [2.75, 3.05) is 13.7 Å². The summed E-state index contributed by atoms with van der Waals surface area (Å²) < 4.78 is 7.73. The number of benzene rings is 1. The number of ether oxygens (including phenoxy) is 1. The molecule has 1 aliphatic carbocycles. The lowest BCUT2D eigenvalue weighted by molar-refractivity contribution is 0.0695. The highest BCUT2D eigenvalue weighted by Crippen LogP contribution is 2.44. The minimum Gasteiger partial charge on any atom is -0.494 e. The van der Waals surface area contributed by atoms with Crippen LogP contribution in [-0.4, -0.2) is 29.3 Å². The van der Waals surface area contributed by atoms with Gasteiger partial charge >= 0.3 is 5.97 Å². The van der Waals surface area contributed by atoms with Crippen LogP contribution < -0.4 is 15.5 Å². The fraction of sp³-hybridized carbons (Fsp3) is 0.333. The van der Waals surface area contributed by atoms with Crippen molar-refractivity contribution in [2.24, 2.45) is 0 Å². The van der Waals surface area contributed by atoms with Crippen molar-refractivity contribution < 1.29 is 14.6 Å². The Labute approximate surface area is 177 Å². The summed E-state index contributed by atoms with van der Waals surface area (Å²) in [6, 6.07) is 6.04. The van der Waals surface area contributed by atoms with Crippen LogP contribution in [0.25, 0.3) is 21.3 Å². The normalized spacial score (nSPS) is 15.6. The monoisotopic (exact) mass is 432 g/mol. The molecule has 29 heavy (non-hydrogen) atoms. The Morgan fingerprint density at radius 1 is 1.34 bits per heavy atom. The first-order valence-electron chi connectivity index (χ1n) is 9.40. The van der Waals surface area contributed by atoms with Crippen LogP contribution in [0.2, 0.25) is 0 Å². The number of pyridine rings is 1. The second-order valence-corrected chi connectivity index (χ2v) is 8.48. The molecular weight excluding hydrogens is 412 g/mol. The lowest BCUT2D eigenvalue weighted by Gasteiger charge is -2.17. The second-order valence-electron chi connectivity index (χ2n) is 7.34. The Morgan fingerprint density at radius 3 is 2.79 bits per heavy atom. The molecule has 2 N–H and O–H groups in total. The number of methoxy groups -OCH3 is 1. The van der Waals surface area contributed by atoms with Gasteiger partial charge in [0.1, 0.15) is 5.56 Å². The number of carboxylic acids is 1. The molecule has 1 saturated carbocycles. The molecule has 0 spiro atoms. The van der Waals surface area contributed by atoms with Gasteiger partial charge in [-0.1, -0.05) is 0 Å². The van der Waals surface area contributed by atoms with E-state index in [-0.39, 0.29) is 24.0 Å². The SMILES string of the molecule is COc1c(-c2cc3c(s2)CCNC3)ccc2c(=O)c(C(=O)O)cn(C3CC3)c12.Cl. The van der Waals surface area contributed by atoms with Gasteiger partial charge in [0.2, 0.25) is 5.43 Å². The molecule has 1 fully saturated rings. The highest BCUT2D eigenvalue weighted by atomic mass is 35.5. The van der Waals surface area contributed by atoms with E-state index in [1.807, 2.05) is 10.6 Å². The van der Waals surface area contributed by atoms with Crippen LogP contribution in [-0.2, 0) is 13.0 Å². The van der Waals surface area contributed by atoms with Gasteiger partial charge in [0, 0.05) is 40.6 Å². The van der Waals surface area contributed by atoms with E-state index in [4.69, 9.17) is 4.74 Å². The molecule has 1 aromatic carbocycles. The third kappa shape index (κ3) is 3.23. The molecule has 3 aromatic rings. The fourth-order valence-electron chi connectivity index (χ4n) is 4.00. The van der Waals surface area contributed by atoms with Crippen LogP contribution >= 0.6 is 23.7 Å². The maximum Gasteiger partial charge on any atom is 0.341 e. The first-order valence-corrected chi connectivity index (χ1v) is 10.2. The van der Waals surface area contributed by atoms with Crippen LogP contribution in [0.5, 0.6) is 5.75 Å². The maximum absolute atomic E-state index is 12.8. The topological polar surface area (TPSA) is 80.6 Å². The molecule has 6 nitrogen and oxygen atoms in total. The number of halogens is 1. The van der Waals surface area contributed by atoms with E-state index in [9.17, 15) is 14.7 Å². The number of hydrogen-bond donors (Lipinski definition) is 2. The Kier molecular flexibility index (Phi) is 5.14. The number of carbonyl (C=O) groups is 1. The van der Waals surface area contributed by atoms with Gasteiger partial charge in [-0.15, -0.1) is 23.7 Å². The van der Waals surface area contributed by atoms with Crippen molar-refractivity contribution in [3.8, 4) is 16.2 Å². The lowest BCUT2D eigenvalue weighted by atomic mass is 10.0. The first-order chi connectivity index (χ1) is 13.6. The number of hydrogen-bond acceptors (Lipinski definition) is 5. The van der Waals surface area contributed by atoms with Crippen LogP contribution in [0.1, 0.15) is 39.7 Å². The number of rotatable bonds is 4. The van der Waals surface area contributed by atoms with E-state index >= 15 is 0 Å². The molecule has 8 heteroatoms. The summed E-state index contributed by atoms with van der Waals surface area (Å²) in [7, 11) is 1.61. The van der Waals surface area contributed by atoms with E-state index in [2.05, 4.69) is 11.4 Å². The van der Waals surface area contributed by atoms with Gasteiger partial charge in [-0.3, -0.25) is 4.79 Å². The van der Waals surface area contributed by atoms with Gasteiger partial charge in [0.05, 0.1) is 18.0 Å². The number of aromatic nitrogens is 1. The summed E-state index contributed by atoms with van der Waals surface area (Å²) in [5, 5.41) is 13.2. The highest BCUT2D eigenvalue weighted by molar-refractivity contribution is 7.15. The predicted molar refractivity (Wildman–Crippen MR) is 116 cm³/mol. The first kappa shape index (κ1) is 19.9. The zero-order valence-corrected chi connectivity index (χ0v) is 17.5. The van der Waals surface area contributed by atoms with Crippen molar-refractivity contribution in [1.29, 1.82) is 0 Å². The summed E-state index contributed by atoms with van der Waals surface area (Å²) in [5.41, 5.74) is 2.31. The summed E-state index contributed by atoms with van der Waals surface area (Å²) >= 11 is 1.77. The predicted octanol–water partition coefficient (Wildman–Crippen LogP) is 3.84. The number of carboxylic acid groups (broad SMARTS) is 1. The molecule has 0 saturated heterocycles. The minimum absolute atomic E-state index is 0. The van der Waals surface area contributed by atoms with Crippen molar-refractivity contribution in [2.45, 2.75) is 31.8 Å². The second kappa shape index (κ2) is 7.48. The van der Waals surface area contributed by atoms with Crippen LogP contribution in [0.15, 0.2) is 29.2 Å². The third-order valence-corrected chi connectivity index (χ3v) is 6.80. The fourth-order valence-corrected chi connectivity index (χ4v) is 5.20. The molecule has 0 amide bonds. The molecule has 5 rings (SSSR count). The summed E-state index contributed by atoms with van der Waals surface area (Å²) in [6.07, 6.45) is 4.46. The van der Waals surface area contributed by atoms with Gasteiger partial charge in [-0.2, -0.15) is 0 Å². The molecule has 2 aromatic heterocycles. The number of fused-ring (bicyclic) bond motifs is 2. The Balaban J connectivity index is 0.00000205. The van der Waals surface area contributed by atoms with Crippen LogP contribution in [0.4, 0.5) is 0 Å². The number of nitrogens with one attached hydrogen (secondary N) is 1. The molecule has 0 atom stereocenters. The van der Waals surface area contributed by atoms with Crippen molar-refractivity contribution in [3.63, 3.8) is 0 Å². The maximum atomic E-state index is 12.8. The van der Waals surface area contributed by atoms with Crippen LogP contribution in [0.3, 0.4) is 0 Å². The highest BCUT2D eigenvalue weighted by Gasteiger charge is 2.29. The standard InChI is InChI=1S/C21H20N2O4S.ClH/c1-27-20-13(17-8-11-9-22-7-6-16(11)28-17)4-5-14-18(20)23(12-2-3-12)10-15(19(14)24)21(25)26;/h4-5,8,10,12,22H,2-3,6-7,9H2,1H3,(H,25,26);1H. The van der Waals surface area contributed by atoms with Gasteiger partial charge in [0.15, 0.2) is 5.75 Å². The zero-order valence-electron chi connectivity index (χ0n) is 15.9. The smallest absolute Gasteiger partial charge is 0.341 e. The zero-order chi connectivity index (χ0) is 19.4. The summed E-state index contributed by atoms with van der Waals surface area (Å²) in [4.78, 5) is 26.9. The molecule has 2 aliphatic rings. The number of nitrogens with zero attached hydrogens (tertiary/aromatic N) is 1. The van der Waals surface area contributed by atoms with E-state index in [0.717, 1.165) is 42.8 Å². The number of aromatic carboxylic acids is 1. The van der Waals surface area contributed by atoms with Crippen molar-refractivity contribution in [3.05, 3.63) is 50.6 Å². The van der Waals surface area contributed by atoms with Crippen LogP contribution in [0, 0.1) is 0 Å². The van der Waals surface area contributed by atoms with Gasteiger partial charge in [-0.25, -0.2) is 4.79 Å². The van der Waals surface area contributed by atoms with Gasteiger partial charge < -0.3 is 19.7 Å². The average Bonchev–Trinajstić information content (AvgIpc) is 3.45. The van der Waals surface area contributed by atoms with E-state index in [1.54, 1.807) is 24.5 Å². The third-order valence-electron chi connectivity index (χ3n) is 5.53. The molecule has 0 radical (unpaired) electrons.